The van der Waals surface area contributed by atoms with Gasteiger partial charge >= 0.3 is 5.97 Å². The zero-order valence-corrected chi connectivity index (χ0v) is 17.7. The van der Waals surface area contributed by atoms with Gasteiger partial charge in [0.2, 0.25) is 0 Å². The van der Waals surface area contributed by atoms with Crippen LogP contribution in [-0.2, 0) is 16.1 Å². The van der Waals surface area contributed by atoms with Crippen molar-refractivity contribution in [3.63, 3.8) is 0 Å². The lowest BCUT2D eigenvalue weighted by Crippen LogP contribution is -2.36. The summed E-state index contributed by atoms with van der Waals surface area (Å²) in [6.45, 7) is -0.380. The molecule has 1 aromatic heterocycles. The molecular weight excluding hydrogens is 438 g/mol. The molecule has 4 rings (SSSR count). The number of fused-ring (bicyclic) bond motifs is 1. The van der Waals surface area contributed by atoms with Gasteiger partial charge in [-0.15, -0.1) is 0 Å². The number of furan rings is 1. The van der Waals surface area contributed by atoms with Crippen LogP contribution in [0.25, 0.3) is 6.08 Å². The first-order valence-electron chi connectivity index (χ1n) is 10.1. The summed E-state index contributed by atoms with van der Waals surface area (Å²) in [6, 6.07) is 17.6. The van der Waals surface area contributed by atoms with E-state index in [-0.39, 0.29) is 29.0 Å². The zero-order valence-electron chi connectivity index (χ0n) is 17.7. The number of imide groups is 1. The van der Waals surface area contributed by atoms with E-state index >= 15 is 0 Å². The number of hydrogen-bond acceptors (Lipinski definition) is 7. The van der Waals surface area contributed by atoms with Crippen LogP contribution in [0, 0.1) is 11.3 Å². The first kappa shape index (κ1) is 22.2. The first-order valence-corrected chi connectivity index (χ1v) is 10.1. The van der Waals surface area contributed by atoms with E-state index in [0.717, 1.165) is 4.90 Å². The standard InChI is InChI=1S/C25H17N3O6/c26-13-17(23(30)27-14-19-4-3-11-33-19)12-16-7-9-18(10-8-16)34-22(29)15-28-24(31)20-5-1-2-6-21(20)25(28)32/h1-12H,14-15H2,(H,27,30)/b17-12+. The molecule has 168 valence electrons. The molecular formula is C25H17N3O6. The number of carbonyl (C=O) groups excluding carboxylic acids is 4. The summed E-state index contributed by atoms with van der Waals surface area (Å²) in [5.74, 6) is -1.71. The number of rotatable bonds is 7. The molecule has 0 saturated heterocycles. The molecule has 0 fully saturated rings. The van der Waals surface area contributed by atoms with Crippen LogP contribution in [0.5, 0.6) is 5.75 Å². The van der Waals surface area contributed by atoms with Crippen molar-refractivity contribution >= 4 is 29.8 Å². The molecule has 1 aliphatic heterocycles. The Balaban J connectivity index is 1.35. The lowest BCUT2D eigenvalue weighted by molar-refractivity contribution is -0.134. The van der Waals surface area contributed by atoms with Gasteiger partial charge in [0, 0.05) is 0 Å². The maximum absolute atomic E-state index is 12.4. The quantitative estimate of drug-likeness (QED) is 0.191. The van der Waals surface area contributed by atoms with Crippen LogP contribution in [0.4, 0.5) is 0 Å². The van der Waals surface area contributed by atoms with Crippen LogP contribution in [0.1, 0.15) is 32.0 Å². The molecule has 0 spiro atoms. The molecule has 3 amide bonds. The van der Waals surface area contributed by atoms with Crippen molar-refractivity contribution in [1.29, 1.82) is 5.26 Å². The van der Waals surface area contributed by atoms with Gasteiger partial charge in [-0.2, -0.15) is 5.26 Å². The summed E-state index contributed by atoms with van der Waals surface area (Å²) in [6.07, 6.45) is 2.87. The zero-order chi connectivity index (χ0) is 24.1. The van der Waals surface area contributed by atoms with E-state index < -0.39 is 30.2 Å². The van der Waals surface area contributed by atoms with Crippen LogP contribution < -0.4 is 10.1 Å². The molecule has 0 radical (unpaired) electrons. The van der Waals surface area contributed by atoms with Crippen LogP contribution in [-0.4, -0.2) is 35.1 Å². The number of carbonyl (C=O) groups is 4. The van der Waals surface area contributed by atoms with E-state index in [1.807, 2.05) is 6.07 Å². The molecule has 0 atom stereocenters. The van der Waals surface area contributed by atoms with Crippen molar-refractivity contribution in [2.75, 3.05) is 6.54 Å². The maximum atomic E-state index is 12.4. The van der Waals surface area contributed by atoms with Crippen molar-refractivity contribution in [3.8, 4) is 11.8 Å². The van der Waals surface area contributed by atoms with Gasteiger partial charge in [0.1, 0.15) is 29.7 Å². The van der Waals surface area contributed by atoms with Gasteiger partial charge in [-0.1, -0.05) is 24.3 Å². The number of ether oxygens (including phenoxy) is 1. The Morgan fingerprint density at radius 1 is 1.00 bits per heavy atom. The summed E-state index contributed by atoms with van der Waals surface area (Å²) in [5.41, 5.74) is 0.919. The molecule has 2 aromatic carbocycles. The van der Waals surface area contributed by atoms with Crippen molar-refractivity contribution in [3.05, 3.63) is 95.0 Å². The van der Waals surface area contributed by atoms with Crippen LogP contribution in [0.15, 0.2) is 76.9 Å². The predicted molar refractivity (Wildman–Crippen MR) is 118 cm³/mol. The molecule has 2 heterocycles. The Morgan fingerprint density at radius 3 is 2.26 bits per heavy atom. The van der Waals surface area contributed by atoms with Gasteiger partial charge in [0.25, 0.3) is 17.7 Å². The normalized spacial score (nSPS) is 12.8. The van der Waals surface area contributed by atoms with Crippen molar-refractivity contribution in [2.45, 2.75) is 6.54 Å². The molecule has 1 N–H and O–H groups in total. The summed E-state index contributed by atoms with van der Waals surface area (Å²) in [7, 11) is 0. The fraction of sp³-hybridized carbons (Fsp3) is 0.0800. The minimum absolute atomic E-state index is 0.109. The fourth-order valence-corrected chi connectivity index (χ4v) is 3.30. The number of nitriles is 1. The smallest absolute Gasteiger partial charge is 0.331 e. The summed E-state index contributed by atoms with van der Waals surface area (Å²) < 4.78 is 10.4. The van der Waals surface area contributed by atoms with Crippen LogP contribution >= 0.6 is 0 Å². The molecule has 34 heavy (non-hydrogen) atoms. The SMILES string of the molecule is N#C/C(=C\c1ccc(OC(=O)CN2C(=O)c3ccccc3C2=O)cc1)C(=O)NCc1ccco1. The van der Waals surface area contributed by atoms with E-state index in [1.165, 1.54) is 36.6 Å². The highest BCUT2D eigenvalue weighted by molar-refractivity contribution is 6.22. The second kappa shape index (κ2) is 9.67. The fourth-order valence-electron chi connectivity index (χ4n) is 3.30. The second-order valence-electron chi connectivity index (χ2n) is 7.22. The van der Waals surface area contributed by atoms with E-state index in [4.69, 9.17) is 9.15 Å². The Morgan fingerprint density at radius 2 is 1.68 bits per heavy atom. The number of nitrogens with zero attached hydrogens (tertiary/aromatic N) is 2. The number of benzene rings is 2. The van der Waals surface area contributed by atoms with Crippen LogP contribution in [0.2, 0.25) is 0 Å². The maximum Gasteiger partial charge on any atom is 0.331 e. The van der Waals surface area contributed by atoms with Gasteiger partial charge in [-0.25, -0.2) is 4.79 Å². The highest BCUT2D eigenvalue weighted by Crippen LogP contribution is 2.22. The molecule has 9 nitrogen and oxygen atoms in total. The summed E-state index contributed by atoms with van der Waals surface area (Å²) in [5, 5.41) is 11.9. The van der Waals surface area contributed by atoms with Gasteiger partial charge in [0.05, 0.1) is 23.9 Å². The average molecular weight is 455 g/mol. The summed E-state index contributed by atoms with van der Waals surface area (Å²) >= 11 is 0. The number of esters is 1. The van der Waals surface area contributed by atoms with Gasteiger partial charge in [-0.05, 0) is 48.0 Å². The second-order valence-corrected chi connectivity index (χ2v) is 7.22. The molecule has 0 unspecified atom stereocenters. The third-order valence-corrected chi connectivity index (χ3v) is 4.96. The third-order valence-electron chi connectivity index (χ3n) is 4.96. The molecule has 0 aliphatic carbocycles. The van der Waals surface area contributed by atoms with E-state index in [9.17, 15) is 24.4 Å². The van der Waals surface area contributed by atoms with E-state index in [2.05, 4.69) is 5.32 Å². The largest absolute Gasteiger partial charge is 0.467 e. The number of amides is 3. The Labute approximate surface area is 193 Å². The minimum atomic E-state index is -0.784. The Hall–Kier alpha value is -4.97. The topological polar surface area (TPSA) is 130 Å². The van der Waals surface area contributed by atoms with Crippen molar-refractivity contribution in [1.82, 2.24) is 10.2 Å². The number of nitrogens with one attached hydrogen (secondary N) is 1. The highest BCUT2D eigenvalue weighted by Gasteiger charge is 2.36. The first-order chi connectivity index (χ1) is 16.5. The minimum Gasteiger partial charge on any atom is -0.467 e. The summed E-state index contributed by atoms with van der Waals surface area (Å²) in [4.78, 5) is 50.1. The molecule has 9 heteroatoms. The highest BCUT2D eigenvalue weighted by atomic mass is 16.5. The molecule has 0 saturated carbocycles. The Kier molecular flexibility index (Phi) is 6.32. The monoisotopic (exact) mass is 455 g/mol. The van der Waals surface area contributed by atoms with Gasteiger partial charge < -0.3 is 14.5 Å². The third kappa shape index (κ3) is 4.76. The van der Waals surface area contributed by atoms with Crippen molar-refractivity contribution in [2.24, 2.45) is 0 Å². The molecule has 0 bridgehead atoms. The predicted octanol–water partition coefficient (Wildman–Crippen LogP) is 2.70. The lowest BCUT2D eigenvalue weighted by Gasteiger charge is -2.13. The number of hydrogen-bond donors (Lipinski definition) is 1. The van der Waals surface area contributed by atoms with E-state index in [0.29, 0.717) is 11.3 Å². The Bertz CT molecular complexity index is 1300. The molecule has 1 aliphatic rings. The van der Waals surface area contributed by atoms with Crippen LogP contribution in [0.3, 0.4) is 0 Å². The van der Waals surface area contributed by atoms with E-state index in [1.54, 1.807) is 36.4 Å². The average Bonchev–Trinajstić information content (AvgIpc) is 3.45. The van der Waals surface area contributed by atoms with Gasteiger partial charge in [0.15, 0.2) is 0 Å². The lowest BCUT2D eigenvalue weighted by atomic mass is 10.1. The van der Waals surface area contributed by atoms with Crippen molar-refractivity contribution < 1.29 is 28.3 Å². The van der Waals surface area contributed by atoms with Gasteiger partial charge in [-0.3, -0.25) is 19.3 Å². The molecule has 3 aromatic rings.